The van der Waals surface area contributed by atoms with Gasteiger partial charge < -0.3 is 10.2 Å². The summed E-state index contributed by atoms with van der Waals surface area (Å²) in [6.07, 6.45) is 7.64. The monoisotopic (exact) mass is 418 g/mol. The van der Waals surface area contributed by atoms with Gasteiger partial charge in [0, 0.05) is 42.5 Å². The maximum atomic E-state index is 12.7. The lowest BCUT2D eigenvalue weighted by Crippen LogP contribution is -2.43. The van der Waals surface area contributed by atoms with E-state index in [9.17, 15) is 4.79 Å². The Bertz CT molecular complexity index is 961. The molecular formula is C24H26N4OS. The van der Waals surface area contributed by atoms with Gasteiger partial charge in [0.05, 0.1) is 5.92 Å². The number of thioether (sulfide) groups is 1. The van der Waals surface area contributed by atoms with Gasteiger partial charge in [-0.05, 0) is 42.4 Å². The van der Waals surface area contributed by atoms with E-state index in [2.05, 4.69) is 50.7 Å². The highest BCUT2D eigenvalue weighted by Gasteiger charge is 2.27. The van der Waals surface area contributed by atoms with Gasteiger partial charge in [-0.15, -0.1) is 11.8 Å². The van der Waals surface area contributed by atoms with Gasteiger partial charge in [-0.2, -0.15) is 0 Å². The topological polar surface area (TPSA) is 58.1 Å². The molecule has 4 rings (SSSR count). The van der Waals surface area contributed by atoms with Gasteiger partial charge in [-0.25, -0.2) is 9.97 Å². The molecule has 154 valence electrons. The summed E-state index contributed by atoms with van der Waals surface area (Å²) in [6, 6.07) is 18.4. The number of aromatic nitrogens is 2. The Balaban J connectivity index is 1.34. The van der Waals surface area contributed by atoms with Crippen molar-refractivity contribution in [3.05, 3.63) is 72.6 Å². The van der Waals surface area contributed by atoms with Gasteiger partial charge in [0.15, 0.2) is 0 Å². The Labute approximate surface area is 181 Å². The summed E-state index contributed by atoms with van der Waals surface area (Å²) in [5, 5.41) is 3.10. The van der Waals surface area contributed by atoms with E-state index in [-0.39, 0.29) is 11.8 Å². The highest BCUT2D eigenvalue weighted by atomic mass is 32.2. The number of hydrogen-bond donors (Lipinski definition) is 1. The standard InChI is InChI=1S/C24H26N4OS/c1-30-22-11-9-18(10-12-22)14-25-23(29)20-8-5-13-28(17-20)24-26-15-21(16-27-24)19-6-3-2-4-7-19/h2-4,6-7,9-12,15-16,20H,5,8,13-14,17H2,1H3,(H,25,29). The highest BCUT2D eigenvalue weighted by Crippen LogP contribution is 2.23. The van der Waals surface area contributed by atoms with Gasteiger partial charge in [-0.1, -0.05) is 42.5 Å². The minimum Gasteiger partial charge on any atom is -0.352 e. The van der Waals surface area contributed by atoms with Crippen LogP contribution in [0.5, 0.6) is 0 Å². The molecule has 1 saturated heterocycles. The maximum Gasteiger partial charge on any atom is 0.225 e. The molecule has 2 heterocycles. The van der Waals surface area contributed by atoms with Crippen LogP contribution in [0.15, 0.2) is 71.9 Å². The number of nitrogens with one attached hydrogen (secondary N) is 1. The molecule has 6 heteroatoms. The summed E-state index contributed by atoms with van der Waals surface area (Å²) in [6.45, 7) is 2.10. The number of benzene rings is 2. The number of amides is 1. The largest absolute Gasteiger partial charge is 0.352 e. The smallest absolute Gasteiger partial charge is 0.225 e. The molecule has 1 aliphatic heterocycles. The first-order valence-electron chi connectivity index (χ1n) is 10.3. The lowest BCUT2D eigenvalue weighted by Gasteiger charge is -2.32. The lowest BCUT2D eigenvalue weighted by atomic mass is 9.97. The maximum absolute atomic E-state index is 12.7. The van der Waals surface area contributed by atoms with E-state index < -0.39 is 0 Å². The second kappa shape index (κ2) is 9.76. The molecule has 1 aromatic heterocycles. The molecule has 1 unspecified atom stereocenters. The Morgan fingerprint density at radius 3 is 2.50 bits per heavy atom. The predicted octanol–water partition coefficient (Wildman–Crippen LogP) is 4.40. The third-order valence-electron chi connectivity index (χ3n) is 5.45. The minimum atomic E-state index is -0.0402. The van der Waals surface area contributed by atoms with Crippen LogP contribution in [0.3, 0.4) is 0 Å². The molecule has 1 N–H and O–H groups in total. The zero-order valence-corrected chi connectivity index (χ0v) is 17.9. The summed E-state index contributed by atoms with van der Waals surface area (Å²) in [4.78, 5) is 25.2. The first kappa shape index (κ1) is 20.4. The molecular weight excluding hydrogens is 392 g/mol. The normalized spacial score (nSPS) is 16.3. The molecule has 0 radical (unpaired) electrons. The van der Waals surface area contributed by atoms with Crippen molar-refractivity contribution in [2.75, 3.05) is 24.2 Å². The van der Waals surface area contributed by atoms with Crippen LogP contribution in [0.4, 0.5) is 5.95 Å². The third-order valence-corrected chi connectivity index (χ3v) is 6.19. The lowest BCUT2D eigenvalue weighted by molar-refractivity contribution is -0.125. The first-order chi connectivity index (χ1) is 14.7. The Hall–Kier alpha value is -2.86. The number of nitrogens with zero attached hydrogens (tertiary/aromatic N) is 3. The fraction of sp³-hybridized carbons (Fsp3) is 0.292. The number of hydrogen-bond acceptors (Lipinski definition) is 5. The summed E-state index contributed by atoms with van der Waals surface area (Å²) < 4.78 is 0. The van der Waals surface area contributed by atoms with Gasteiger partial charge in [0.25, 0.3) is 0 Å². The van der Waals surface area contributed by atoms with E-state index in [1.165, 1.54) is 4.90 Å². The van der Waals surface area contributed by atoms with Gasteiger partial charge in [0.2, 0.25) is 11.9 Å². The third kappa shape index (κ3) is 5.00. The van der Waals surface area contributed by atoms with Crippen LogP contribution >= 0.6 is 11.8 Å². The Morgan fingerprint density at radius 2 is 1.80 bits per heavy atom. The van der Waals surface area contributed by atoms with Crippen molar-refractivity contribution in [1.29, 1.82) is 0 Å². The van der Waals surface area contributed by atoms with Crippen molar-refractivity contribution in [1.82, 2.24) is 15.3 Å². The number of piperidine rings is 1. The van der Waals surface area contributed by atoms with Crippen LogP contribution in [-0.2, 0) is 11.3 Å². The van der Waals surface area contributed by atoms with Crippen LogP contribution in [0.1, 0.15) is 18.4 Å². The fourth-order valence-corrected chi connectivity index (χ4v) is 4.12. The van der Waals surface area contributed by atoms with Crippen LogP contribution in [0.25, 0.3) is 11.1 Å². The minimum absolute atomic E-state index is 0.0402. The van der Waals surface area contributed by atoms with E-state index in [1.54, 1.807) is 11.8 Å². The Morgan fingerprint density at radius 1 is 1.07 bits per heavy atom. The first-order valence-corrected chi connectivity index (χ1v) is 11.5. The summed E-state index contributed by atoms with van der Waals surface area (Å²) in [5.74, 6) is 0.760. The summed E-state index contributed by atoms with van der Waals surface area (Å²) >= 11 is 1.72. The number of carbonyl (C=O) groups excluding carboxylic acids is 1. The van der Waals surface area contributed by atoms with E-state index in [4.69, 9.17) is 0 Å². The zero-order valence-electron chi connectivity index (χ0n) is 17.1. The van der Waals surface area contributed by atoms with Gasteiger partial charge >= 0.3 is 0 Å². The molecule has 0 spiro atoms. The molecule has 0 saturated carbocycles. The Kier molecular flexibility index (Phi) is 6.64. The van der Waals surface area contributed by atoms with Gasteiger partial charge in [0.1, 0.15) is 0 Å². The van der Waals surface area contributed by atoms with Crippen LogP contribution in [0.2, 0.25) is 0 Å². The molecule has 3 aromatic rings. The van der Waals surface area contributed by atoms with E-state index in [0.29, 0.717) is 19.0 Å². The van der Waals surface area contributed by atoms with E-state index in [0.717, 1.165) is 36.1 Å². The molecule has 2 aromatic carbocycles. The SMILES string of the molecule is CSc1ccc(CNC(=O)C2CCCN(c3ncc(-c4ccccc4)cn3)C2)cc1. The molecule has 0 aliphatic carbocycles. The molecule has 0 bridgehead atoms. The van der Waals surface area contributed by atoms with Gasteiger partial charge in [-0.3, -0.25) is 4.79 Å². The van der Waals surface area contributed by atoms with Crippen molar-refractivity contribution < 1.29 is 4.79 Å². The quantitative estimate of drug-likeness (QED) is 0.602. The number of rotatable bonds is 6. The highest BCUT2D eigenvalue weighted by molar-refractivity contribution is 7.98. The van der Waals surface area contributed by atoms with Crippen molar-refractivity contribution in [2.24, 2.45) is 5.92 Å². The summed E-state index contributed by atoms with van der Waals surface area (Å²) in [5.41, 5.74) is 3.22. The number of anilines is 1. The molecule has 30 heavy (non-hydrogen) atoms. The number of carbonyl (C=O) groups is 1. The summed E-state index contributed by atoms with van der Waals surface area (Å²) in [7, 11) is 0. The molecule has 5 nitrogen and oxygen atoms in total. The van der Waals surface area contributed by atoms with Crippen LogP contribution in [-0.4, -0.2) is 35.2 Å². The molecule has 1 aliphatic rings. The molecule has 1 atom stereocenters. The van der Waals surface area contributed by atoms with Crippen molar-refractivity contribution in [2.45, 2.75) is 24.3 Å². The van der Waals surface area contributed by atoms with Crippen molar-refractivity contribution in [3.63, 3.8) is 0 Å². The van der Waals surface area contributed by atoms with Crippen LogP contribution < -0.4 is 10.2 Å². The second-order valence-electron chi connectivity index (χ2n) is 7.49. The average Bonchev–Trinajstić information content (AvgIpc) is 2.83. The average molecular weight is 419 g/mol. The zero-order chi connectivity index (χ0) is 20.8. The molecule has 1 amide bonds. The fourth-order valence-electron chi connectivity index (χ4n) is 3.71. The van der Waals surface area contributed by atoms with Crippen molar-refractivity contribution in [3.8, 4) is 11.1 Å². The van der Waals surface area contributed by atoms with E-state index >= 15 is 0 Å². The van der Waals surface area contributed by atoms with Crippen molar-refractivity contribution >= 4 is 23.6 Å². The predicted molar refractivity (Wildman–Crippen MR) is 122 cm³/mol. The second-order valence-corrected chi connectivity index (χ2v) is 8.37. The van der Waals surface area contributed by atoms with E-state index in [1.807, 2.05) is 42.7 Å². The van der Waals surface area contributed by atoms with Crippen LogP contribution in [0, 0.1) is 5.92 Å². The molecule has 1 fully saturated rings.